The summed E-state index contributed by atoms with van der Waals surface area (Å²) < 4.78 is 5.49. The minimum atomic E-state index is -0.684. The number of benzene rings is 1. The van der Waals surface area contributed by atoms with Crippen molar-refractivity contribution in [2.75, 3.05) is 0 Å². The van der Waals surface area contributed by atoms with Gasteiger partial charge < -0.3 is 9.21 Å². The molecular formula is C33H39Cl2NO3. The first kappa shape index (κ1) is 28.4. The SMILES string of the molecule is CC1(C)C(=O)CCC(C)(C2CCC3(C)C(=CCC3c3ccoc3)C2(C)C=NCc2ccc(Cl)c(Cl)c2)C1C=O. The number of Topliss-reactive ketones (excluding diaryl/α,β-unsaturated/α-hetero) is 1. The van der Waals surface area contributed by atoms with Gasteiger partial charge in [-0.2, -0.15) is 0 Å². The fourth-order valence-corrected chi connectivity index (χ4v) is 9.02. The van der Waals surface area contributed by atoms with Gasteiger partial charge in [0, 0.05) is 29.4 Å². The molecule has 6 atom stereocenters. The largest absolute Gasteiger partial charge is 0.472 e. The number of nitrogens with zero attached hydrogens (tertiary/aromatic N) is 1. The molecule has 2 saturated carbocycles. The molecule has 6 heteroatoms. The second-order valence-corrected chi connectivity index (χ2v) is 14.1. The highest BCUT2D eigenvalue weighted by atomic mass is 35.5. The molecule has 208 valence electrons. The number of furan rings is 1. The van der Waals surface area contributed by atoms with Crippen LogP contribution in [-0.4, -0.2) is 18.3 Å². The van der Waals surface area contributed by atoms with Crippen LogP contribution in [-0.2, 0) is 16.1 Å². The van der Waals surface area contributed by atoms with Crippen molar-refractivity contribution >= 4 is 41.5 Å². The van der Waals surface area contributed by atoms with E-state index >= 15 is 0 Å². The first-order chi connectivity index (χ1) is 18.4. The van der Waals surface area contributed by atoms with Crippen LogP contribution in [0, 0.1) is 33.5 Å². The third kappa shape index (κ3) is 4.47. The van der Waals surface area contributed by atoms with Gasteiger partial charge in [0.1, 0.15) is 12.1 Å². The van der Waals surface area contributed by atoms with Crippen LogP contribution in [0.2, 0.25) is 10.0 Å². The Hall–Kier alpha value is -2.17. The van der Waals surface area contributed by atoms with E-state index in [1.54, 1.807) is 6.26 Å². The van der Waals surface area contributed by atoms with Crippen LogP contribution in [0.25, 0.3) is 0 Å². The summed E-state index contributed by atoms with van der Waals surface area (Å²) in [5.41, 5.74) is 2.19. The Labute approximate surface area is 242 Å². The summed E-state index contributed by atoms with van der Waals surface area (Å²) in [6.07, 6.45) is 13.4. The number of carbonyl (C=O) groups is 2. The number of hydrogen-bond acceptors (Lipinski definition) is 4. The molecule has 0 N–H and O–H groups in total. The molecule has 0 spiro atoms. The van der Waals surface area contributed by atoms with E-state index in [-0.39, 0.29) is 33.9 Å². The van der Waals surface area contributed by atoms with Gasteiger partial charge in [-0.1, -0.05) is 75.5 Å². The van der Waals surface area contributed by atoms with Crippen molar-refractivity contribution in [1.29, 1.82) is 0 Å². The minimum Gasteiger partial charge on any atom is -0.472 e. The zero-order chi connectivity index (χ0) is 28.2. The van der Waals surface area contributed by atoms with E-state index in [2.05, 4.69) is 39.1 Å². The van der Waals surface area contributed by atoms with Gasteiger partial charge in [-0.25, -0.2) is 0 Å². The second kappa shape index (κ2) is 10.0. The number of aliphatic imine (C=N–C) groups is 1. The zero-order valence-electron chi connectivity index (χ0n) is 23.6. The third-order valence-corrected chi connectivity index (χ3v) is 11.5. The zero-order valence-corrected chi connectivity index (χ0v) is 25.1. The fourth-order valence-electron chi connectivity index (χ4n) is 8.70. The van der Waals surface area contributed by atoms with Crippen molar-refractivity contribution in [2.24, 2.45) is 38.5 Å². The van der Waals surface area contributed by atoms with Gasteiger partial charge in [0.05, 0.1) is 29.1 Å². The Morgan fingerprint density at radius 1 is 1.08 bits per heavy atom. The number of carbonyl (C=O) groups excluding carboxylic acids is 2. The normalized spacial score (nSPS) is 36.1. The lowest BCUT2D eigenvalue weighted by atomic mass is 9.43. The Morgan fingerprint density at radius 3 is 2.51 bits per heavy atom. The average Bonchev–Trinajstić information content (AvgIpc) is 3.52. The van der Waals surface area contributed by atoms with E-state index in [0.29, 0.717) is 35.3 Å². The monoisotopic (exact) mass is 567 g/mol. The Balaban J connectivity index is 1.57. The molecular weight excluding hydrogens is 529 g/mol. The number of fused-ring (bicyclic) bond motifs is 1. The van der Waals surface area contributed by atoms with Crippen LogP contribution in [0.15, 0.2) is 57.9 Å². The molecule has 0 radical (unpaired) electrons. The Bertz CT molecular complexity index is 1330. The summed E-state index contributed by atoms with van der Waals surface area (Å²) in [5, 5.41) is 1.05. The fraction of sp³-hybridized carbons (Fsp3) is 0.545. The molecule has 3 aliphatic carbocycles. The molecule has 4 nitrogen and oxygen atoms in total. The topological polar surface area (TPSA) is 59.6 Å². The quantitative estimate of drug-likeness (QED) is 0.199. The van der Waals surface area contributed by atoms with E-state index < -0.39 is 5.41 Å². The molecule has 0 aliphatic heterocycles. The summed E-state index contributed by atoms with van der Waals surface area (Å²) in [4.78, 5) is 30.7. The maximum absolute atomic E-state index is 13.0. The maximum atomic E-state index is 13.0. The molecule has 5 rings (SSSR count). The van der Waals surface area contributed by atoms with Gasteiger partial charge in [-0.3, -0.25) is 9.79 Å². The Morgan fingerprint density at radius 2 is 1.85 bits per heavy atom. The first-order valence-corrected chi connectivity index (χ1v) is 14.8. The van der Waals surface area contributed by atoms with Crippen molar-refractivity contribution in [2.45, 2.75) is 79.2 Å². The average molecular weight is 569 g/mol. The van der Waals surface area contributed by atoms with Crippen LogP contribution in [0.3, 0.4) is 0 Å². The number of rotatable bonds is 6. The molecule has 0 saturated heterocycles. The van der Waals surface area contributed by atoms with Crippen LogP contribution < -0.4 is 0 Å². The molecule has 2 aromatic rings. The number of halogens is 2. The summed E-state index contributed by atoms with van der Waals surface area (Å²) in [7, 11) is 0. The molecule has 0 amide bonds. The Kier molecular flexibility index (Phi) is 7.29. The number of aldehydes is 1. The second-order valence-electron chi connectivity index (χ2n) is 13.2. The minimum absolute atomic E-state index is 0.0439. The lowest BCUT2D eigenvalue weighted by Crippen LogP contribution is -2.57. The predicted octanol–water partition coefficient (Wildman–Crippen LogP) is 8.90. The van der Waals surface area contributed by atoms with Crippen LogP contribution >= 0.6 is 23.2 Å². The lowest BCUT2D eigenvalue weighted by Gasteiger charge is -2.60. The summed E-state index contributed by atoms with van der Waals surface area (Å²) >= 11 is 12.4. The van der Waals surface area contributed by atoms with Crippen LogP contribution in [0.4, 0.5) is 0 Å². The number of hydrogen-bond donors (Lipinski definition) is 0. The van der Waals surface area contributed by atoms with E-state index in [4.69, 9.17) is 32.6 Å². The standard InChI is InChI=1S/C33H39Cl2NO3/c1-30(2)28(18-37)32(4,14-11-29(30)38)27-10-13-31(3)23(22-12-15-39-19-22)7-9-26(31)33(27,5)20-36-17-21-6-8-24(34)25(35)16-21/h6,8-9,12,15-16,18-20,23,27-28H,7,10-11,13-14,17H2,1-5H3. The molecule has 2 fully saturated rings. The van der Waals surface area contributed by atoms with Crippen molar-refractivity contribution in [3.8, 4) is 0 Å². The predicted molar refractivity (Wildman–Crippen MR) is 157 cm³/mol. The summed E-state index contributed by atoms with van der Waals surface area (Å²) in [6.45, 7) is 11.4. The molecule has 3 aliphatic rings. The van der Waals surface area contributed by atoms with Crippen LogP contribution in [0.1, 0.15) is 83.8 Å². The lowest BCUT2D eigenvalue weighted by molar-refractivity contribution is -0.152. The van der Waals surface area contributed by atoms with Crippen LogP contribution in [0.5, 0.6) is 0 Å². The summed E-state index contributed by atoms with van der Waals surface area (Å²) in [5.74, 6) is 0.337. The third-order valence-electron chi connectivity index (χ3n) is 10.8. The smallest absolute Gasteiger partial charge is 0.139 e. The van der Waals surface area contributed by atoms with E-state index in [1.165, 1.54) is 11.1 Å². The summed E-state index contributed by atoms with van der Waals surface area (Å²) in [6, 6.07) is 7.73. The molecule has 1 aromatic heterocycles. The van der Waals surface area contributed by atoms with Crippen molar-refractivity contribution < 1.29 is 14.0 Å². The molecule has 6 unspecified atom stereocenters. The van der Waals surface area contributed by atoms with Gasteiger partial charge in [-0.15, -0.1) is 0 Å². The van der Waals surface area contributed by atoms with Gasteiger partial charge in [0.2, 0.25) is 0 Å². The molecule has 39 heavy (non-hydrogen) atoms. The molecule has 1 heterocycles. The van der Waals surface area contributed by atoms with Crippen molar-refractivity contribution in [3.05, 3.63) is 69.6 Å². The number of allylic oxidation sites excluding steroid dienone is 2. The highest BCUT2D eigenvalue weighted by Gasteiger charge is 2.63. The van der Waals surface area contributed by atoms with Gasteiger partial charge in [0.25, 0.3) is 0 Å². The molecule has 1 aromatic carbocycles. The van der Waals surface area contributed by atoms with E-state index in [9.17, 15) is 9.59 Å². The maximum Gasteiger partial charge on any atom is 0.139 e. The number of ketones is 1. The van der Waals surface area contributed by atoms with Crippen molar-refractivity contribution in [3.63, 3.8) is 0 Å². The molecule has 0 bridgehead atoms. The highest BCUT2D eigenvalue weighted by molar-refractivity contribution is 6.42. The van der Waals surface area contributed by atoms with Gasteiger partial charge in [0.15, 0.2) is 0 Å². The van der Waals surface area contributed by atoms with E-state index in [1.807, 2.05) is 38.3 Å². The van der Waals surface area contributed by atoms with E-state index in [0.717, 1.165) is 31.1 Å². The van der Waals surface area contributed by atoms with Crippen molar-refractivity contribution in [1.82, 2.24) is 0 Å². The van der Waals surface area contributed by atoms with Gasteiger partial charge >= 0.3 is 0 Å². The highest BCUT2D eigenvalue weighted by Crippen LogP contribution is 2.68. The van der Waals surface area contributed by atoms with Gasteiger partial charge in [-0.05, 0) is 77.7 Å². The first-order valence-electron chi connectivity index (χ1n) is 14.0.